The lowest BCUT2D eigenvalue weighted by Gasteiger charge is -2.29. The van der Waals surface area contributed by atoms with E-state index in [0.717, 1.165) is 5.56 Å². The zero-order chi connectivity index (χ0) is 16.1. The van der Waals surface area contributed by atoms with Crippen LogP contribution >= 0.6 is 0 Å². The van der Waals surface area contributed by atoms with Crippen molar-refractivity contribution in [2.24, 2.45) is 0 Å². The van der Waals surface area contributed by atoms with Crippen LogP contribution in [0, 0.1) is 6.92 Å². The molecule has 20 heavy (non-hydrogen) atoms. The van der Waals surface area contributed by atoms with E-state index in [9.17, 15) is 18.1 Å². The first-order valence-electron chi connectivity index (χ1n) is 6.52. The summed E-state index contributed by atoms with van der Waals surface area (Å²) in [7, 11) is -4.48. The Bertz CT molecular complexity index is 629. The molecule has 1 aromatic carbocycles. The molecule has 4 nitrogen and oxygen atoms in total. The minimum absolute atomic E-state index is 0.237. The van der Waals surface area contributed by atoms with Gasteiger partial charge in [-0.2, -0.15) is 8.42 Å². The van der Waals surface area contributed by atoms with Crippen molar-refractivity contribution in [1.29, 1.82) is 0 Å². The lowest BCUT2D eigenvalue weighted by molar-refractivity contribution is 0.425. The first kappa shape index (κ1) is 17.0. The smallest absolute Gasteiger partial charge is 0.298 e. The number of aromatic hydroxyl groups is 1. The molecule has 0 amide bonds. The normalized spacial score (nSPS) is 13.6. The van der Waals surface area contributed by atoms with Crippen LogP contribution in [0.25, 0.3) is 0 Å². The molecule has 114 valence electrons. The van der Waals surface area contributed by atoms with Crippen molar-refractivity contribution in [3.8, 4) is 5.75 Å². The molecular weight excluding hydrogens is 276 g/mol. The summed E-state index contributed by atoms with van der Waals surface area (Å²) in [5.41, 5.74) is 1.02. The van der Waals surface area contributed by atoms with Crippen LogP contribution in [0.5, 0.6) is 5.75 Å². The number of benzene rings is 1. The first-order chi connectivity index (χ1) is 8.67. The van der Waals surface area contributed by atoms with E-state index in [2.05, 4.69) is 0 Å². The highest BCUT2D eigenvalue weighted by Gasteiger charge is 2.32. The van der Waals surface area contributed by atoms with Gasteiger partial charge in [0.15, 0.2) is 0 Å². The molecule has 0 aliphatic heterocycles. The van der Waals surface area contributed by atoms with E-state index < -0.39 is 15.5 Å². The largest absolute Gasteiger partial charge is 0.506 e. The molecule has 0 saturated carbocycles. The summed E-state index contributed by atoms with van der Waals surface area (Å²) in [5.74, 6) is -0.357. The maximum Gasteiger partial charge on any atom is 0.298 e. The van der Waals surface area contributed by atoms with Crippen LogP contribution in [0.3, 0.4) is 0 Å². The van der Waals surface area contributed by atoms with Gasteiger partial charge in [-0.3, -0.25) is 4.55 Å². The predicted molar refractivity (Wildman–Crippen MR) is 80.1 cm³/mol. The number of hydrogen-bond donors (Lipinski definition) is 2. The Morgan fingerprint density at radius 3 is 1.65 bits per heavy atom. The maximum absolute atomic E-state index is 11.6. The van der Waals surface area contributed by atoms with Crippen LogP contribution in [0.15, 0.2) is 11.0 Å². The highest BCUT2D eigenvalue weighted by Crippen LogP contribution is 2.41. The second kappa shape index (κ2) is 4.74. The van der Waals surface area contributed by atoms with Gasteiger partial charge in [0.25, 0.3) is 10.1 Å². The third kappa shape index (κ3) is 3.15. The van der Waals surface area contributed by atoms with E-state index in [0.29, 0.717) is 11.1 Å². The Hall–Kier alpha value is -1.07. The molecule has 0 aromatic heterocycles. The quantitative estimate of drug-likeness (QED) is 0.778. The molecule has 2 N–H and O–H groups in total. The van der Waals surface area contributed by atoms with Gasteiger partial charge < -0.3 is 5.11 Å². The molecule has 0 aliphatic rings. The Kier molecular flexibility index (Phi) is 4.02. The third-order valence-electron chi connectivity index (χ3n) is 3.38. The minimum Gasteiger partial charge on any atom is -0.506 e. The van der Waals surface area contributed by atoms with E-state index >= 15 is 0 Å². The highest BCUT2D eigenvalue weighted by atomic mass is 32.2. The summed E-state index contributed by atoms with van der Waals surface area (Å²) in [6.45, 7) is 13.2. The van der Waals surface area contributed by atoms with Gasteiger partial charge in [0, 0.05) is 0 Å². The molecular formula is C15H24O4S. The van der Waals surface area contributed by atoms with Gasteiger partial charge in [-0.25, -0.2) is 0 Å². The molecule has 0 radical (unpaired) electrons. The molecule has 0 bridgehead atoms. The average Bonchev–Trinajstić information content (AvgIpc) is 2.15. The first-order valence-corrected chi connectivity index (χ1v) is 7.96. The van der Waals surface area contributed by atoms with Crippen molar-refractivity contribution in [2.75, 3.05) is 0 Å². The number of phenols is 1. The van der Waals surface area contributed by atoms with Crippen LogP contribution in [-0.4, -0.2) is 18.1 Å². The summed E-state index contributed by atoms with van der Waals surface area (Å²) in [5, 5.41) is 10.3. The van der Waals surface area contributed by atoms with E-state index in [-0.39, 0.29) is 16.1 Å². The summed E-state index contributed by atoms with van der Waals surface area (Å²) in [6.07, 6.45) is 0. The van der Waals surface area contributed by atoms with Crippen molar-refractivity contribution < 1.29 is 18.1 Å². The van der Waals surface area contributed by atoms with Gasteiger partial charge in [0.1, 0.15) is 10.6 Å². The minimum atomic E-state index is -4.48. The van der Waals surface area contributed by atoms with Crippen molar-refractivity contribution in [3.63, 3.8) is 0 Å². The Labute approximate surface area is 121 Å². The zero-order valence-corrected chi connectivity index (χ0v) is 14.0. The van der Waals surface area contributed by atoms with Crippen LogP contribution in [0.2, 0.25) is 0 Å². The van der Waals surface area contributed by atoms with Crippen LogP contribution in [0.1, 0.15) is 58.2 Å². The van der Waals surface area contributed by atoms with Gasteiger partial charge in [0.05, 0.1) is 0 Å². The Morgan fingerprint density at radius 2 is 1.35 bits per heavy atom. The predicted octanol–water partition coefficient (Wildman–Crippen LogP) is 3.54. The molecule has 0 spiro atoms. The second-order valence-electron chi connectivity index (χ2n) is 7.25. The van der Waals surface area contributed by atoms with Crippen molar-refractivity contribution in [1.82, 2.24) is 0 Å². The Balaban J connectivity index is 3.95. The molecule has 5 heteroatoms. The number of rotatable bonds is 1. The van der Waals surface area contributed by atoms with Gasteiger partial charge in [-0.05, 0) is 34.4 Å². The molecule has 0 heterocycles. The number of hydrogen-bond acceptors (Lipinski definition) is 3. The van der Waals surface area contributed by atoms with Gasteiger partial charge in [0.2, 0.25) is 0 Å². The lowest BCUT2D eigenvalue weighted by Crippen LogP contribution is -2.21. The van der Waals surface area contributed by atoms with Crippen molar-refractivity contribution in [2.45, 2.75) is 64.2 Å². The molecule has 0 unspecified atom stereocenters. The summed E-state index contributed by atoms with van der Waals surface area (Å²) in [4.78, 5) is -0.379. The van der Waals surface area contributed by atoms with Gasteiger partial charge >= 0.3 is 0 Å². The zero-order valence-electron chi connectivity index (χ0n) is 13.2. The SMILES string of the molecule is Cc1c(C(C)(C)C)cc(C(C)(C)C)c(S(=O)(=O)O)c1O. The molecule has 0 aliphatic carbocycles. The Morgan fingerprint density at radius 1 is 0.950 bits per heavy atom. The highest BCUT2D eigenvalue weighted by molar-refractivity contribution is 7.86. The van der Waals surface area contributed by atoms with Crippen molar-refractivity contribution in [3.05, 3.63) is 22.8 Å². The fraction of sp³-hybridized carbons (Fsp3) is 0.600. The maximum atomic E-state index is 11.6. The van der Waals surface area contributed by atoms with Crippen LogP contribution < -0.4 is 0 Å². The van der Waals surface area contributed by atoms with Crippen LogP contribution in [0.4, 0.5) is 0 Å². The fourth-order valence-corrected chi connectivity index (χ4v) is 3.38. The van der Waals surface area contributed by atoms with E-state index in [1.807, 2.05) is 41.5 Å². The summed E-state index contributed by atoms with van der Waals surface area (Å²) >= 11 is 0. The molecule has 0 fully saturated rings. The monoisotopic (exact) mass is 300 g/mol. The molecule has 0 saturated heterocycles. The average molecular weight is 300 g/mol. The van der Waals surface area contributed by atoms with Crippen molar-refractivity contribution >= 4 is 10.1 Å². The van der Waals surface area contributed by atoms with E-state index in [1.165, 1.54) is 0 Å². The summed E-state index contributed by atoms with van der Waals surface area (Å²) in [6, 6.07) is 1.78. The van der Waals surface area contributed by atoms with Gasteiger partial charge in [-0.15, -0.1) is 0 Å². The molecule has 1 rings (SSSR count). The fourth-order valence-electron chi connectivity index (χ4n) is 2.34. The second-order valence-corrected chi connectivity index (χ2v) is 8.61. The topological polar surface area (TPSA) is 74.6 Å². The van der Waals surface area contributed by atoms with Crippen LogP contribution in [-0.2, 0) is 20.9 Å². The molecule has 1 aromatic rings. The number of phenolic OH excluding ortho intramolecular Hbond substituents is 1. The standard InChI is InChI=1S/C15H24O4S/c1-9-10(14(2,3)4)8-11(15(5,6)7)13(12(9)16)20(17,18)19/h8,16H,1-7H3,(H,17,18,19). The van der Waals surface area contributed by atoms with E-state index in [4.69, 9.17) is 0 Å². The summed E-state index contributed by atoms with van der Waals surface area (Å²) < 4.78 is 32.7. The molecule has 0 atom stereocenters. The van der Waals surface area contributed by atoms with E-state index in [1.54, 1.807) is 13.0 Å². The lowest BCUT2D eigenvalue weighted by atomic mass is 9.78. The third-order valence-corrected chi connectivity index (χ3v) is 4.31. The van der Waals surface area contributed by atoms with Gasteiger partial charge in [-0.1, -0.05) is 47.6 Å².